The Labute approximate surface area is 172 Å². The highest BCUT2D eigenvalue weighted by molar-refractivity contribution is 8.04. The highest BCUT2D eigenvalue weighted by Gasteiger charge is 2.31. The largest absolute Gasteiger partial charge is 0.378 e. The van der Waals surface area contributed by atoms with E-state index in [0.717, 1.165) is 16.1 Å². The lowest BCUT2D eigenvalue weighted by atomic mass is 10.2. The van der Waals surface area contributed by atoms with Crippen LogP contribution >= 0.6 is 23.4 Å². The number of halogens is 1. The molecule has 4 rings (SSSR count). The summed E-state index contributed by atoms with van der Waals surface area (Å²) in [6, 6.07) is 15.0. The van der Waals surface area contributed by atoms with Gasteiger partial charge in [-0.05, 0) is 35.9 Å². The minimum Gasteiger partial charge on any atom is -0.378 e. The SMILES string of the molecule is O=C(CN1C(=O)/C(=C\c2ccc(Cl)cc2)Sc2ccccc21)N1CCOCC1. The first kappa shape index (κ1) is 19.1. The molecule has 0 atom stereocenters. The molecule has 0 N–H and O–H groups in total. The van der Waals surface area contributed by atoms with Crippen LogP contribution in [0, 0.1) is 0 Å². The van der Waals surface area contributed by atoms with Crippen molar-refractivity contribution >= 4 is 46.9 Å². The van der Waals surface area contributed by atoms with Crippen LogP contribution in [0.4, 0.5) is 5.69 Å². The Hall–Kier alpha value is -2.28. The van der Waals surface area contributed by atoms with E-state index < -0.39 is 0 Å². The van der Waals surface area contributed by atoms with Gasteiger partial charge >= 0.3 is 0 Å². The topological polar surface area (TPSA) is 49.9 Å². The van der Waals surface area contributed by atoms with Gasteiger partial charge in [-0.1, -0.05) is 47.6 Å². The predicted molar refractivity (Wildman–Crippen MR) is 111 cm³/mol. The second kappa shape index (κ2) is 8.39. The van der Waals surface area contributed by atoms with E-state index in [2.05, 4.69) is 0 Å². The van der Waals surface area contributed by atoms with E-state index in [1.165, 1.54) is 11.8 Å². The van der Waals surface area contributed by atoms with Gasteiger partial charge in [-0.3, -0.25) is 14.5 Å². The number of hydrogen-bond donors (Lipinski definition) is 0. The van der Waals surface area contributed by atoms with Gasteiger partial charge < -0.3 is 9.64 Å². The fourth-order valence-corrected chi connectivity index (χ4v) is 4.36. The monoisotopic (exact) mass is 414 g/mol. The van der Waals surface area contributed by atoms with Gasteiger partial charge in [0.15, 0.2) is 0 Å². The molecule has 0 radical (unpaired) electrons. The van der Waals surface area contributed by atoms with Gasteiger partial charge in [-0.2, -0.15) is 0 Å². The van der Waals surface area contributed by atoms with E-state index in [0.29, 0.717) is 36.2 Å². The first-order valence-electron chi connectivity index (χ1n) is 9.03. The zero-order valence-corrected chi connectivity index (χ0v) is 16.7. The summed E-state index contributed by atoms with van der Waals surface area (Å²) < 4.78 is 5.31. The van der Waals surface area contributed by atoms with Crippen molar-refractivity contribution in [2.24, 2.45) is 0 Å². The third kappa shape index (κ3) is 4.09. The summed E-state index contributed by atoms with van der Waals surface area (Å²) in [6.45, 7) is 2.21. The van der Waals surface area contributed by atoms with Gasteiger partial charge in [0.2, 0.25) is 5.91 Å². The van der Waals surface area contributed by atoms with Crippen LogP contribution in [0.3, 0.4) is 0 Å². The maximum Gasteiger partial charge on any atom is 0.265 e. The minimum atomic E-state index is -0.166. The molecule has 2 aromatic rings. The third-order valence-electron chi connectivity index (χ3n) is 4.66. The number of fused-ring (bicyclic) bond motifs is 1. The van der Waals surface area contributed by atoms with E-state index >= 15 is 0 Å². The van der Waals surface area contributed by atoms with E-state index in [9.17, 15) is 9.59 Å². The molecule has 0 aliphatic carbocycles. The molecule has 1 fully saturated rings. The normalized spacial score (nSPS) is 18.3. The molecule has 2 aliphatic heterocycles. The molecule has 0 unspecified atom stereocenters. The Balaban J connectivity index is 1.63. The maximum absolute atomic E-state index is 13.2. The molecule has 144 valence electrons. The number of nitrogens with zero attached hydrogens (tertiary/aromatic N) is 2. The Bertz CT molecular complexity index is 924. The average molecular weight is 415 g/mol. The minimum absolute atomic E-state index is 0.0222. The number of morpholine rings is 1. The van der Waals surface area contributed by atoms with Gasteiger partial charge in [0.05, 0.1) is 23.8 Å². The lowest BCUT2D eigenvalue weighted by Crippen LogP contribution is -2.48. The number of ether oxygens (including phenoxy) is 1. The number of hydrogen-bond acceptors (Lipinski definition) is 4. The molecule has 1 saturated heterocycles. The van der Waals surface area contributed by atoms with Gasteiger partial charge in [-0.25, -0.2) is 0 Å². The summed E-state index contributed by atoms with van der Waals surface area (Å²) in [7, 11) is 0. The fourth-order valence-electron chi connectivity index (χ4n) is 3.18. The molecule has 28 heavy (non-hydrogen) atoms. The summed E-state index contributed by atoms with van der Waals surface area (Å²) in [6.07, 6.45) is 1.84. The van der Waals surface area contributed by atoms with Crippen LogP contribution in [-0.4, -0.2) is 49.6 Å². The molecular weight excluding hydrogens is 396 g/mol. The number of para-hydroxylation sites is 1. The number of benzene rings is 2. The van der Waals surface area contributed by atoms with Crippen molar-refractivity contribution in [1.29, 1.82) is 0 Å². The number of rotatable bonds is 3. The fraction of sp³-hybridized carbons (Fsp3) is 0.238. The summed E-state index contributed by atoms with van der Waals surface area (Å²) in [5.74, 6) is -0.232. The Morgan fingerprint density at radius 1 is 1.11 bits per heavy atom. The van der Waals surface area contributed by atoms with Gasteiger partial charge in [0, 0.05) is 23.0 Å². The third-order valence-corrected chi connectivity index (χ3v) is 5.99. The van der Waals surface area contributed by atoms with Crippen molar-refractivity contribution in [1.82, 2.24) is 4.90 Å². The molecule has 0 aromatic heterocycles. The van der Waals surface area contributed by atoms with Gasteiger partial charge in [0.25, 0.3) is 5.91 Å². The number of carbonyl (C=O) groups excluding carboxylic acids is 2. The molecule has 2 heterocycles. The van der Waals surface area contributed by atoms with E-state index in [4.69, 9.17) is 16.3 Å². The van der Waals surface area contributed by atoms with Crippen molar-refractivity contribution < 1.29 is 14.3 Å². The molecule has 0 spiro atoms. The Morgan fingerprint density at radius 3 is 2.57 bits per heavy atom. The molecule has 0 saturated carbocycles. The van der Waals surface area contributed by atoms with Crippen molar-refractivity contribution in [3.05, 3.63) is 64.0 Å². The first-order valence-corrected chi connectivity index (χ1v) is 10.2. The number of anilines is 1. The number of amides is 2. The predicted octanol–water partition coefficient (Wildman–Crippen LogP) is 3.68. The van der Waals surface area contributed by atoms with Gasteiger partial charge in [0.1, 0.15) is 6.54 Å². The first-order chi connectivity index (χ1) is 13.6. The van der Waals surface area contributed by atoms with E-state index in [1.807, 2.05) is 42.5 Å². The molecule has 5 nitrogen and oxygen atoms in total. The van der Waals surface area contributed by atoms with E-state index in [-0.39, 0.29) is 18.4 Å². The number of carbonyl (C=O) groups is 2. The van der Waals surface area contributed by atoms with E-state index in [1.54, 1.807) is 21.9 Å². The van der Waals surface area contributed by atoms with Crippen LogP contribution < -0.4 is 4.90 Å². The molecule has 2 aromatic carbocycles. The summed E-state index contributed by atoms with van der Waals surface area (Å²) >= 11 is 7.37. The van der Waals surface area contributed by atoms with Gasteiger partial charge in [-0.15, -0.1) is 0 Å². The average Bonchev–Trinajstić information content (AvgIpc) is 2.73. The summed E-state index contributed by atoms with van der Waals surface area (Å²) in [5, 5.41) is 0.646. The highest BCUT2D eigenvalue weighted by Crippen LogP contribution is 2.42. The molecular formula is C21H19ClN2O3S. The maximum atomic E-state index is 13.2. The van der Waals surface area contributed by atoms with Crippen LogP contribution in [0.5, 0.6) is 0 Å². The van der Waals surface area contributed by atoms with Crippen molar-refractivity contribution in [2.45, 2.75) is 4.90 Å². The second-order valence-electron chi connectivity index (χ2n) is 6.51. The lowest BCUT2D eigenvalue weighted by Gasteiger charge is -2.33. The Kier molecular flexibility index (Phi) is 5.71. The highest BCUT2D eigenvalue weighted by atomic mass is 35.5. The standard InChI is InChI=1S/C21H19ClN2O3S/c22-16-7-5-15(6-8-16)13-19-21(26)24(17-3-1-2-4-18(17)28-19)14-20(25)23-9-11-27-12-10-23/h1-8,13H,9-12,14H2/b19-13+. The van der Waals surface area contributed by atoms with Crippen LogP contribution in [-0.2, 0) is 14.3 Å². The smallest absolute Gasteiger partial charge is 0.265 e. The second-order valence-corrected chi connectivity index (χ2v) is 8.03. The Morgan fingerprint density at radius 2 is 1.82 bits per heavy atom. The zero-order chi connectivity index (χ0) is 19.5. The molecule has 0 bridgehead atoms. The quantitative estimate of drug-likeness (QED) is 0.719. The molecule has 2 amide bonds. The van der Waals surface area contributed by atoms with Crippen molar-refractivity contribution in [3.63, 3.8) is 0 Å². The van der Waals surface area contributed by atoms with Crippen molar-refractivity contribution in [3.8, 4) is 0 Å². The van der Waals surface area contributed by atoms with Crippen molar-refractivity contribution in [2.75, 3.05) is 37.7 Å². The van der Waals surface area contributed by atoms with Crippen LogP contribution in [0.15, 0.2) is 58.3 Å². The van der Waals surface area contributed by atoms with Crippen LogP contribution in [0.2, 0.25) is 5.02 Å². The zero-order valence-electron chi connectivity index (χ0n) is 15.1. The summed E-state index contributed by atoms with van der Waals surface area (Å²) in [5.41, 5.74) is 1.66. The number of thioether (sulfide) groups is 1. The summed E-state index contributed by atoms with van der Waals surface area (Å²) in [4.78, 5) is 30.8. The lowest BCUT2D eigenvalue weighted by molar-refractivity contribution is -0.134. The van der Waals surface area contributed by atoms with Crippen LogP contribution in [0.1, 0.15) is 5.56 Å². The molecule has 2 aliphatic rings. The molecule has 7 heteroatoms. The van der Waals surface area contributed by atoms with Crippen LogP contribution in [0.25, 0.3) is 6.08 Å².